The highest BCUT2D eigenvalue weighted by molar-refractivity contribution is 5.74. The van der Waals surface area contributed by atoms with Crippen LogP contribution in [0.2, 0.25) is 0 Å². The van der Waals surface area contributed by atoms with Crippen molar-refractivity contribution in [2.45, 2.75) is 213 Å². The Bertz CT molecular complexity index is 2210. The molecule has 0 saturated carbocycles. The fourth-order valence-electron chi connectivity index (χ4n) is 11.2. The second kappa shape index (κ2) is 21.2. The molecule has 68 heavy (non-hydrogen) atoms. The van der Waals surface area contributed by atoms with Crippen molar-refractivity contribution in [3.8, 4) is 11.4 Å². The first kappa shape index (κ1) is 53.4. The normalized spacial score (nSPS) is 19.8. The highest BCUT2D eigenvalue weighted by Crippen LogP contribution is 2.42. The lowest BCUT2D eigenvalue weighted by Gasteiger charge is -2.49. The summed E-state index contributed by atoms with van der Waals surface area (Å²) < 4.78 is 5.59. The number of piperidine rings is 2. The predicted molar refractivity (Wildman–Crippen MR) is 282 cm³/mol. The van der Waals surface area contributed by atoms with Crippen molar-refractivity contribution in [3.63, 3.8) is 0 Å². The van der Waals surface area contributed by atoms with E-state index < -0.39 is 0 Å². The fourth-order valence-corrected chi connectivity index (χ4v) is 11.2. The van der Waals surface area contributed by atoms with Crippen LogP contribution in [0.3, 0.4) is 0 Å². The summed E-state index contributed by atoms with van der Waals surface area (Å²) in [5, 5.41) is 28.0. The Labute approximate surface area is 411 Å². The van der Waals surface area contributed by atoms with E-state index in [2.05, 4.69) is 146 Å². The molecule has 2 aromatic carbocycles. The Balaban J connectivity index is 0.000000250. The number of phenolic OH excluding ortho intramolecular Hbond substituents is 1. The maximum Gasteiger partial charge on any atom is 0.230 e. The maximum atomic E-state index is 11.1. The van der Waals surface area contributed by atoms with Crippen molar-refractivity contribution in [2.75, 3.05) is 56.2 Å². The van der Waals surface area contributed by atoms with Crippen LogP contribution >= 0.6 is 0 Å². The van der Waals surface area contributed by atoms with Crippen LogP contribution in [0.15, 0.2) is 36.4 Å². The SMILES string of the molecule is CCC(C)(C)c1cc(-n2nc3ccccc3n2)c(O)c(C(C)(C)CC)c1.Cc1nc(N2CCOCC2)nc(N(CCCCCCN(C)C2CC(C)(C)NC(C)(C)C2)C2CC(C)(C)NC(C)(C)C2)n1. The lowest BCUT2D eigenvalue weighted by molar-refractivity contribution is 0.0805. The lowest BCUT2D eigenvalue weighted by atomic mass is 9.76. The number of phenols is 1. The smallest absolute Gasteiger partial charge is 0.230 e. The van der Waals surface area contributed by atoms with E-state index in [-0.39, 0.29) is 38.7 Å². The summed E-state index contributed by atoms with van der Waals surface area (Å²) in [6.45, 7) is 39.1. The molecule has 3 N–H and O–H groups in total. The van der Waals surface area contributed by atoms with Crippen LogP contribution in [0.25, 0.3) is 16.7 Å². The molecular formula is C55H91N11O2. The maximum absolute atomic E-state index is 11.1. The number of rotatable bonds is 16. The molecule has 4 aromatic rings. The number of aromatic hydroxyl groups is 1. The van der Waals surface area contributed by atoms with Crippen molar-refractivity contribution in [1.29, 1.82) is 0 Å². The minimum Gasteiger partial charge on any atom is -0.505 e. The molecular weight excluding hydrogens is 847 g/mol. The topological polar surface area (TPSA) is 133 Å². The van der Waals surface area contributed by atoms with Gasteiger partial charge in [-0.2, -0.15) is 15.0 Å². The molecule has 2 aromatic heterocycles. The van der Waals surface area contributed by atoms with Crippen molar-refractivity contribution in [1.82, 2.24) is 45.5 Å². The molecule has 0 spiro atoms. The number of aryl methyl sites for hydroxylation is 1. The van der Waals surface area contributed by atoms with Gasteiger partial charge in [0.2, 0.25) is 11.9 Å². The molecule has 0 aliphatic carbocycles. The van der Waals surface area contributed by atoms with Gasteiger partial charge in [-0.1, -0.05) is 72.6 Å². The van der Waals surface area contributed by atoms with E-state index in [9.17, 15) is 5.11 Å². The van der Waals surface area contributed by atoms with E-state index >= 15 is 0 Å². The zero-order chi connectivity index (χ0) is 49.9. The fraction of sp³-hybridized carbons (Fsp3) is 0.727. The second-order valence-electron chi connectivity index (χ2n) is 24.4. The highest BCUT2D eigenvalue weighted by atomic mass is 16.5. The summed E-state index contributed by atoms with van der Waals surface area (Å²) in [6.07, 6.45) is 11.4. The quantitative estimate of drug-likeness (QED) is 0.0924. The van der Waals surface area contributed by atoms with E-state index in [0.717, 1.165) is 99.3 Å². The Hall–Kier alpha value is -3.91. The van der Waals surface area contributed by atoms with Gasteiger partial charge < -0.3 is 35.2 Å². The number of hydrogen-bond acceptors (Lipinski definition) is 12. The van der Waals surface area contributed by atoms with Crippen LogP contribution in [0.1, 0.15) is 178 Å². The van der Waals surface area contributed by atoms with Gasteiger partial charge in [-0.25, -0.2) is 0 Å². The molecule has 0 unspecified atom stereocenters. The standard InChI is InChI=1S/C33H62N8O.C22H29N3O/c1-25-34-28(40-17-19-42-20-18-40)36-29(35-25)41(27-23-32(6,7)38-33(8,9)24-27)16-14-12-11-13-15-39(10)26-21-30(2,3)37-31(4,5)22-26;1-7-21(3,4)15-13-16(22(5,6)8-2)20(26)19(14-15)25-23-17-11-9-10-12-18(17)24-25/h26-27,37-38H,11-24H2,1-10H3;9-14,26H,7-8H2,1-6H3. The Morgan fingerprint density at radius 2 is 1.22 bits per heavy atom. The Morgan fingerprint density at radius 1 is 0.706 bits per heavy atom. The third-order valence-electron chi connectivity index (χ3n) is 15.2. The zero-order valence-electron chi connectivity index (χ0n) is 45.3. The van der Waals surface area contributed by atoms with E-state index in [0.29, 0.717) is 17.8 Å². The van der Waals surface area contributed by atoms with Crippen LogP contribution in [0, 0.1) is 6.92 Å². The first-order valence-electron chi connectivity index (χ1n) is 26.0. The zero-order valence-corrected chi connectivity index (χ0v) is 45.3. The molecule has 0 atom stereocenters. The number of anilines is 2. The summed E-state index contributed by atoms with van der Waals surface area (Å²) in [7, 11) is 2.33. The van der Waals surface area contributed by atoms with Gasteiger partial charge in [-0.05, 0) is 162 Å². The number of ether oxygens (including phenoxy) is 1. The van der Waals surface area contributed by atoms with Crippen LogP contribution in [-0.2, 0) is 15.6 Å². The summed E-state index contributed by atoms with van der Waals surface area (Å²) >= 11 is 0. The minimum atomic E-state index is -0.134. The van der Waals surface area contributed by atoms with Crippen molar-refractivity contribution < 1.29 is 9.84 Å². The van der Waals surface area contributed by atoms with Gasteiger partial charge in [0.1, 0.15) is 28.3 Å². The van der Waals surface area contributed by atoms with Crippen molar-refractivity contribution in [2.24, 2.45) is 0 Å². The number of fused-ring (bicyclic) bond motifs is 1. The minimum absolute atomic E-state index is 0.00754. The average Bonchev–Trinajstić information content (AvgIpc) is 3.68. The number of unbranched alkanes of at least 4 members (excludes halogenated alkanes) is 3. The van der Waals surface area contributed by atoms with Gasteiger partial charge in [0, 0.05) is 59.4 Å². The average molecular weight is 938 g/mol. The van der Waals surface area contributed by atoms with Crippen LogP contribution in [0.5, 0.6) is 5.75 Å². The van der Waals surface area contributed by atoms with E-state index in [1.165, 1.54) is 44.2 Å². The molecule has 7 rings (SSSR count). The van der Waals surface area contributed by atoms with Crippen molar-refractivity contribution in [3.05, 3.63) is 53.3 Å². The third kappa shape index (κ3) is 13.7. The molecule has 13 heteroatoms. The first-order chi connectivity index (χ1) is 31.7. The number of aromatic nitrogens is 6. The number of hydrogen-bond donors (Lipinski definition) is 3. The Kier molecular flexibility index (Phi) is 16.7. The van der Waals surface area contributed by atoms with Gasteiger partial charge >= 0.3 is 0 Å². The summed E-state index contributed by atoms with van der Waals surface area (Å²) in [5.41, 5.74) is 4.82. The second-order valence-corrected chi connectivity index (χ2v) is 24.4. The molecule has 5 heterocycles. The van der Waals surface area contributed by atoms with Crippen LogP contribution in [0.4, 0.5) is 11.9 Å². The van der Waals surface area contributed by atoms with Gasteiger partial charge in [0.15, 0.2) is 0 Å². The van der Waals surface area contributed by atoms with E-state index in [1.54, 1.807) is 4.80 Å². The molecule has 3 fully saturated rings. The molecule has 0 amide bonds. The van der Waals surface area contributed by atoms with Crippen LogP contribution < -0.4 is 20.4 Å². The highest BCUT2D eigenvalue weighted by Gasteiger charge is 2.42. The van der Waals surface area contributed by atoms with Gasteiger partial charge in [0.05, 0.1) is 13.2 Å². The van der Waals surface area contributed by atoms with Gasteiger partial charge in [0.25, 0.3) is 0 Å². The lowest BCUT2D eigenvalue weighted by Crippen LogP contribution is -2.62. The van der Waals surface area contributed by atoms with E-state index in [4.69, 9.17) is 19.7 Å². The number of benzene rings is 2. The number of nitrogens with one attached hydrogen (secondary N) is 2. The molecule has 3 saturated heterocycles. The van der Waals surface area contributed by atoms with Gasteiger partial charge in [-0.3, -0.25) is 0 Å². The molecule has 378 valence electrons. The number of morpholine rings is 1. The summed E-state index contributed by atoms with van der Waals surface area (Å²) in [6, 6.07) is 13.0. The predicted octanol–water partition coefficient (Wildman–Crippen LogP) is 10.4. The number of nitrogens with zero attached hydrogens (tertiary/aromatic N) is 9. The Morgan fingerprint density at radius 3 is 1.75 bits per heavy atom. The van der Waals surface area contributed by atoms with Crippen LogP contribution in [-0.4, -0.2) is 121 Å². The van der Waals surface area contributed by atoms with Gasteiger partial charge in [-0.15, -0.1) is 15.0 Å². The molecule has 0 radical (unpaired) electrons. The molecule has 3 aliphatic heterocycles. The van der Waals surface area contributed by atoms with Crippen molar-refractivity contribution >= 4 is 22.9 Å². The van der Waals surface area contributed by atoms with E-state index in [1.807, 2.05) is 37.3 Å². The first-order valence-corrected chi connectivity index (χ1v) is 26.0. The third-order valence-corrected chi connectivity index (χ3v) is 15.2. The summed E-state index contributed by atoms with van der Waals surface area (Å²) in [5.74, 6) is 2.71. The monoisotopic (exact) mass is 938 g/mol. The molecule has 0 bridgehead atoms. The molecule has 3 aliphatic rings. The molecule has 13 nitrogen and oxygen atoms in total. The summed E-state index contributed by atoms with van der Waals surface area (Å²) in [4.78, 5) is 23.7. The largest absolute Gasteiger partial charge is 0.505 e.